The molecule has 0 spiro atoms. The van der Waals surface area contributed by atoms with Gasteiger partial charge in [0.2, 0.25) is 0 Å². The molecule has 30 heavy (non-hydrogen) atoms. The van der Waals surface area contributed by atoms with Gasteiger partial charge in [-0.3, -0.25) is 19.7 Å². The molecule has 2 aromatic carbocycles. The smallest absolute Gasteiger partial charge is 0.309 e. The van der Waals surface area contributed by atoms with E-state index >= 15 is 0 Å². The van der Waals surface area contributed by atoms with Crippen LogP contribution in [0.2, 0.25) is 0 Å². The molecule has 0 unspecified atom stereocenters. The molecule has 1 amide bonds. The van der Waals surface area contributed by atoms with E-state index in [1.807, 2.05) is 4.90 Å². The molecule has 2 aromatic rings. The maximum atomic E-state index is 13.5. The van der Waals surface area contributed by atoms with E-state index in [0.29, 0.717) is 37.2 Å². The third-order valence-corrected chi connectivity index (χ3v) is 5.03. The van der Waals surface area contributed by atoms with Crippen LogP contribution in [0.25, 0.3) is 0 Å². The zero-order valence-corrected chi connectivity index (χ0v) is 16.3. The Bertz CT molecular complexity index is 928. The van der Waals surface area contributed by atoms with Crippen molar-refractivity contribution in [1.29, 1.82) is 0 Å². The van der Waals surface area contributed by atoms with E-state index in [1.54, 1.807) is 36.4 Å². The Morgan fingerprint density at radius 1 is 1.13 bits per heavy atom. The fraction of sp³-hybridized carbons (Fsp3) is 0.333. The van der Waals surface area contributed by atoms with Crippen molar-refractivity contribution in [3.63, 3.8) is 0 Å². The molecule has 3 rings (SSSR count). The van der Waals surface area contributed by atoms with Gasteiger partial charge in [-0.05, 0) is 25.0 Å². The number of anilines is 1. The van der Waals surface area contributed by atoms with Gasteiger partial charge in [-0.1, -0.05) is 30.3 Å². The van der Waals surface area contributed by atoms with Crippen LogP contribution in [0.5, 0.6) is 0 Å². The van der Waals surface area contributed by atoms with Crippen LogP contribution >= 0.6 is 0 Å². The number of carbonyl (C=O) groups is 2. The second-order valence-corrected chi connectivity index (χ2v) is 6.98. The summed E-state index contributed by atoms with van der Waals surface area (Å²) in [5, 5.41) is 13.7. The summed E-state index contributed by atoms with van der Waals surface area (Å²) in [7, 11) is 0. The molecule has 0 aliphatic carbocycles. The van der Waals surface area contributed by atoms with Gasteiger partial charge >= 0.3 is 5.97 Å². The van der Waals surface area contributed by atoms with E-state index < -0.39 is 29.2 Å². The number of para-hydroxylation sites is 2. The highest BCUT2D eigenvalue weighted by molar-refractivity contribution is 5.81. The minimum absolute atomic E-state index is 0.0112. The second-order valence-electron chi connectivity index (χ2n) is 6.98. The van der Waals surface area contributed by atoms with Crippen molar-refractivity contribution in [3.05, 3.63) is 70.0 Å². The number of nitro groups is 1. The van der Waals surface area contributed by atoms with Crippen LogP contribution in [0.4, 0.5) is 15.8 Å². The highest BCUT2D eigenvalue weighted by Crippen LogP contribution is 2.31. The van der Waals surface area contributed by atoms with Gasteiger partial charge in [0.15, 0.2) is 6.61 Å². The third-order valence-electron chi connectivity index (χ3n) is 5.03. The van der Waals surface area contributed by atoms with Crippen molar-refractivity contribution in [2.24, 2.45) is 5.92 Å². The topological polar surface area (TPSA) is 102 Å². The van der Waals surface area contributed by atoms with E-state index in [2.05, 4.69) is 5.32 Å². The van der Waals surface area contributed by atoms with Gasteiger partial charge in [0, 0.05) is 31.3 Å². The number of nitrogens with zero attached hydrogens (tertiary/aromatic N) is 2. The van der Waals surface area contributed by atoms with E-state index in [1.165, 1.54) is 12.1 Å². The highest BCUT2D eigenvalue weighted by Gasteiger charge is 2.29. The van der Waals surface area contributed by atoms with Crippen LogP contribution in [0.1, 0.15) is 18.4 Å². The number of hydrogen-bond acceptors (Lipinski definition) is 6. The number of halogens is 1. The summed E-state index contributed by atoms with van der Waals surface area (Å²) in [6.07, 6.45) is 0.948. The Morgan fingerprint density at radius 3 is 2.50 bits per heavy atom. The molecule has 158 valence electrons. The van der Waals surface area contributed by atoms with Gasteiger partial charge < -0.3 is 15.0 Å². The van der Waals surface area contributed by atoms with E-state index in [-0.39, 0.29) is 18.2 Å². The lowest BCUT2D eigenvalue weighted by molar-refractivity contribution is -0.384. The lowest BCUT2D eigenvalue weighted by Crippen LogP contribution is -2.38. The Morgan fingerprint density at radius 2 is 1.80 bits per heavy atom. The molecule has 1 saturated heterocycles. The van der Waals surface area contributed by atoms with Gasteiger partial charge in [0.25, 0.3) is 11.6 Å². The van der Waals surface area contributed by atoms with Crippen LogP contribution in [-0.4, -0.2) is 36.5 Å². The Labute approximate surface area is 172 Å². The summed E-state index contributed by atoms with van der Waals surface area (Å²) in [5.41, 5.74) is 0.909. The number of nitrogens with one attached hydrogen (secondary N) is 1. The number of ether oxygens (including phenoxy) is 1. The lowest BCUT2D eigenvalue weighted by atomic mass is 9.96. The number of carbonyl (C=O) groups excluding carboxylic acids is 2. The number of esters is 1. The van der Waals surface area contributed by atoms with Crippen LogP contribution in [-0.2, 0) is 20.9 Å². The zero-order chi connectivity index (χ0) is 21.5. The molecule has 0 radical (unpaired) electrons. The molecule has 1 aliphatic heterocycles. The first kappa shape index (κ1) is 21.2. The molecule has 1 fully saturated rings. The summed E-state index contributed by atoms with van der Waals surface area (Å²) in [6.45, 7) is 0.531. The SMILES string of the molecule is O=C(COC(=O)C1CCN(c2ccccc2[N+](=O)[O-])CC1)NCc1ccccc1F. The Hall–Kier alpha value is -3.49. The summed E-state index contributed by atoms with van der Waals surface area (Å²) >= 11 is 0. The van der Waals surface area contributed by atoms with Crippen molar-refractivity contribution in [2.45, 2.75) is 19.4 Å². The van der Waals surface area contributed by atoms with Gasteiger partial charge in [0.05, 0.1) is 10.8 Å². The molecular weight excluding hydrogens is 393 g/mol. The quantitative estimate of drug-likeness (QED) is 0.424. The predicted molar refractivity (Wildman–Crippen MR) is 107 cm³/mol. The molecule has 0 saturated carbocycles. The summed E-state index contributed by atoms with van der Waals surface area (Å²) in [6, 6.07) is 12.6. The van der Waals surface area contributed by atoms with Crippen LogP contribution in [0.3, 0.4) is 0 Å². The normalized spacial score (nSPS) is 14.2. The average Bonchev–Trinajstić information content (AvgIpc) is 2.77. The summed E-state index contributed by atoms with van der Waals surface area (Å²) < 4.78 is 18.6. The summed E-state index contributed by atoms with van der Waals surface area (Å²) in [4.78, 5) is 36.8. The van der Waals surface area contributed by atoms with E-state index in [0.717, 1.165) is 0 Å². The highest BCUT2D eigenvalue weighted by atomic mass is 19.1. The molecule has 1 heterocycles. The van der Waals surface area contributed by atoms with E-state index in [9.17, 15) is 24.1 Å². The first-order valence-electron chi connectivity index (χ1n) is 9.61. The van der Waals surface area contributed by atoms with Crippen molar-refractivity contribution in [1.82, 2.24) is 5.32 Å². The number of nitro benzene ring substituents is 1. The third kappa shape index (κ3) is 5.31. The fourth-order valence-electron chi connectivity index (χ4n) is 3.38. The first-order chi connectivity index (χ1) is 14.5. The molecule has 0 aromatic heterocycles. The largest absolute Gasteiger partial charge is 0.455 e. The van der Waals surface area contributed by atoms with Crippen molar-refractivity contribution >= 4 is 23.3 Å². The minimum atomic E-state index is -0.510. The standard InChI is InChI=1S/C21H22FN3O5/c22-17-6-2-1-5-16(17)13-23-20(26)14-30-21(27)15-9-11-24(12-10-15)18-7-3-4-8-19(18)25(28)29/h1-8,15H,9-14H2,(H,23,26). The maximum absolute atomic E-state index is 13.5. The van der Waals surface area contributed by atoms with Crippen LogP contribution in [0.15, 0.2) is 48.5 Å². The Kier molecular flexibility index (Phi) is 6.95. The second kappa shape index (κ2) is 9.82. The molecule has 1 aliphatic rings. The van der Waals surface area contributed by atoms with Crippen LogP contribution < -0.4 is 10.2 Å². The van der Waals surface area contributed by atoms with Gasteiger partial charge in [-0.15, -0.1) is 0 Å². The number of benzene rings is 2. The zero-order valence-electron chi connectivity index (χ0n) is 16.3. The van der Waals surface area contributed by atoms with Crippen LogP contribution in [0, 0.1) is 21.8 Å². The monoisotopic (exact) mass is 415 g/mol. The predicted octanol–water partition coefficient (Wildman–Crippen LogP) is 2.81. The number of amides is 1. The van der Waals surface area contributed by atoms with E-state index in [4.69, 9.17) is 4.74 Å². The molecule has 0 atom stereocenters. The minimum Gasteiger partial charge on any atom is -0.455 e. The molecular formula is C21H22FN3O5. The first-order valence-corrected chi connectivity index (χ1v) is 9.61. The molecule has 1 N–H and O–H groups in total. The van der Waals surface area contributed by atoms with Crippen molar-refractivity contribution in [2.75, 3.05) is 24.6 Å². The number of hydrogen-bond donors (Lipinski definition) is 1. The van der Waals surface area contributed by atoms with Gasteiger partial charge in [0.1, 0.15) is 11.5 Å². The maximum Gasteiger partial charge on any atom is 0.309 e. The van der Waals surface area contributed by atoms with Crippen molar-refractivity contribution in [3.8, 4) is 0 Å². The number of rotatable bonds is 7. The summed E-state index contributed by atoms with van der Waals surface area (Å²) in [5.74, 6) is -1.77. The lowest BCUT2D eigenvalue weighted by Gasteiger charge is -2.32. The fourth-order valence-corrected chi connectivity index (χ4v) is 3.38. The van der Waals surface area contributed by atoms with Gasteiger partial charge in [-0.25, -0.2) is 4.39 Å². The van der Waals surface area contributed by atoms with Gasteiger partial charge in [-0.2, -0.15) is 0 Å². The number of piperidine rings is 1. The average molecular weight is 415 g/mol. The molecule has 8 nitrogen and oxygen atoms in total. The Balaban J connectivity index is 1.44. The molecule has 9 heteroatoms. The van der Waals surface area contributed by atoms with Crippen molar-refractivity contribution < 1.29 is 23.6 Å². The molecule has 0 bridgehead atoms.